The molecule has 0 bridgehead atoms. The third kappa shape index (κ3) is 2.53. The SMILES string of the molecule is COSN1CCOCC1. The van der Waals surface area contributed by atoms with Crippen LogP contribution in [-0.4, -0.2) is 37.7 Å². The van der Waals surface area contributed by atoms with E-state index in [-0.39, 0.29) is 0 Å². The Morgan fingerprint density at radius 3 is 2.67 bits per heavy atom. The predicted octanol–water partition coefficient (Wildman–Crippen LogP) is 0.528. The normalized spacial score (nSPS) is 22.3. The van der Waals surface area contributed by atoms with Crippen molar-refractivity contribution in [1.29, 1.82) is 0 Å². The van der Waals surface area contributed by atoms with Crippen LogP contribution < -0.4 is 0 Å². The van der Waals surface area contributed by atoms with Crippen LogP contribution in [-0.2, 0) is 8.92 Å². The first-order chi connectivity index (χ1) is 4.43. The van der Waals surface area contributed by atoms with Gasteiger partial charge in [0.25, 0.3) is 0 Å². The maximum absolute atomic E-state index is 5.14. The molecular weight excluding hydrogens is 138 g/mol. The fourth-order valence-electron chi connectivity index (χ4n) is 0.727. The van der Waals surface area contributed by atoms with Crippen molar-refractivity contribution in [3.8, 4) is 0 Å². The van der Waals surface area contributed by atoms with Crippen LogP contribution in [0.25, 0.3) is 0 Å². The molecule has 1 saturated heterocycles. The Bertz CT molecular complexity index is 72.6. The molecule has 3 nitrogen and oxygen atoms in total. The minimum atomic E-state index is 0.830. The standard InChI is InChI=1S/C5H11NO2S/c1-7-9-6-2-4-8-5-3-6/h2-5H2,1H3. The number of hydrogen-bond donors (Lipinski definition) is 0. The van der Waals surface area contributed by atoms with Crippen LogP contribution in [0.5, 0.6) is 0 Å². The summed E-state index contributed by atoms with van der Waals surface area (Å²) >= 11 is 1.41. The van der Waals surface area contributed by atoms with Gasteiger partial charge in [0.15, 0.2) is 0 Å². The number of ether oxygens (including phenoxy) is 1. The van der Waals surface area contributed by atoms with Gasteiger partial charge in [-0.3, -0.25) is 0 Å². The van der Waals surface area contributed by atoms with E-state index < -0.39 is 0 Å². The van der Waals surface area contributed by atoms with Gasteiger partial charge >= 0.3 is 0 Å². The van der Waals surface area contributed by atoms with Crippen LogP contribution >= 0.6 is 12.2 Å². The summed E-state index contributed by atoms with van der Waals surface area (Å²) in [6.45, 7) is 3.60. The quantitative estimate of drug-likeness (QED) is 0.421. The maximum Gasteiger partial charge on any atom is 0.0817 e. The van der Waals surface area contributed by atoms with Crippen LogP contribution in [0.4, 0.5) is 0 Å². The second kappa shape index (κ2) is 4.11. The Hall–Kier alpha value is 0.230. The van der Waals surface area contributed by atoms with Crippen molar-refractivity contribution in [2.24, 2.45) is 0 Å². The first kappa shape index (κ1) is 7.34. The predicted molar refractivity (Wildman–Crippen MR) is 37.0 cm³/mol. The Balaban J connectivity index is 2.08. The Morgan fingerprint density at radius 2 is 2.11 bits per heavy atom. The molecule has 1 rings (SSSR count). The van der Waals surface area contributed by atoms with Gasteiger partial charge in [-0.15, -0.1) is 0 Å². The highest BCUT2D eigenvalue weighted by atomic mass is 32.2. The van der Waals surface area contributed by atoms with E-state index in [0.29, 0.717) is 0 Å². The van der Waals surface area contributed by atoms with Crippen molar-refractivity contribution in [3.05, 3.63) is 0 Å². The van der Waals surface area contributed by atoms with Gasteiger partial charge in [0.05, 0.1) is 32.6 Å². The lowest BCUT2D eigenvalue weighted by Crippen LogP contribution is -2.30. The Morgan fingerprint density at radius 1 is 1.44 bits per heavy atom. The van der Waals surface area contributed by atoms with Crippen LogP contribution in [0.2, 0.25) is 0 Å². The minimum absolute atomic E-state index is 0.830. The van der Waals surface area contributed by atoms with E-state index in [1.54, 1.807) is 7.11 Å². The average Bonchev–Trinajstić information content (AvgIpc) is 1.91. The smallest absolute Gasteiger partial charge is 0.0817 e. The number of hydrogen-bond acceptors (Lipinski definition) is 4. The number of morpholine rings is 1. The summed E-state index contributed by atoms with van der Waals surface area (Å²) in [5, 5.41) is 0. The molecule has 9 heavy (non-hydrogen) atoms. The van der Waals surface area contributed by atoms with Gasteiger partial charge in [-0.1, -0.05) is 0 Å². The molecule has 0 N–H and O–H groups in total. The van der Waals surface area contributed by atoms with E-state index in [1.165, 1.54) is 12.2 Å². The molecule has 0 aromatic heterocycles. The molecule has 0 aromatic carbocycles. The molecule has 0 aliphatic carbocycles. The molecule has 0 amide bonds. The van der Waals surface area contributed by atoms with Crippen LogP contribution in [0.1, 0.15) is 0 Å². The average molecular weight is 149 g/mol. The molecule has 0 radical (unpaired) electrons. The lowest BCUT2D eigenvalue weighted by atomic mass is 10.5. The van der Waals surface area contributed by atoms with Gasteiger partial charge in [0, 0.05) is 13.1 Å². The van der Waals surface area contributed by atoms with E-state index >= 15 is 0 Å². The molecule has 1 aliphatic heterocycles. The van der Waals surface area contributed by atoms with E-state index in [9.17, 15) is 0 Å². The lowest BCUT2D eigenvalue weighted by Gasteiger charge is -2.23. The second-order valence-electron chi connectivity index (χ2n) is 1.78. The van der Waals surface area contributed by atoms with Gasteiger partial charge in [0.2, 0.25) is 0 Å². The summed E-state index contributed by atoms with van der Waals surface area (Å²) in [6, 6.07) is 0. The Kier molecular flexibility index (Phi) is 3.35. The van der Waals surface area contributed by atoms with Crippen LogP contribution in [0.15, 0.2) is 0 Å². The first-order valence-electron chi connectivity index (χ1n) is 2.97. The molecule has 0 unspecified atom stereocenters. The zero-order chi connectivity index (χ0) is 6.53. The summed E-state index contributed by atoms with van der Waals surface area (Å²) < 4.78 is 12.1. The van der Waals surface area contributed by atoms with Crippen molar-refractivity contribution in [1.82, 2.24) is 4.31 Å². The minimum Gasteiger partial charge on any atom is -0.379 e. The van der Waals surface area contributed by atoms with Crippen molar-refractivity contribution in [2.75, 3.05) is 33.4 Å². The fraction of sp³-hybridized carbons (Fsp3) is 1.00. The second-order valence-corrected chi connectivity index (χ2v) is 2.78. The van der Waals surface area contributed by atoms with Gasteiger partial charge in [-0.25, -0.2) is 4.31 Å². The van der Waals surface area contributed by atoms with Crippen molar-refractivity contribution >= 4 is 12.2 Å². The summed E-state index contributed by atoms with van der Waals surface area (Å²) in [7, 11) is 1.68. The summed E-state index contributed by atoms with van der Waals surface area (Å²) in [6.07, 6.45) is 0. The largest absolute Gasteiger partial charge is 0.379 e. The summed E-state index contributed by atoms with van der Waals surface area (Å²) in [5.41, 5.74) is 0. The molecular formula is C5H11NO2S. The molecule has 0 spiro atoms. The highest BCUT2D eigenvalue weighted by molar-refractivity contribution is 7.92. The molecule has 0 aromatic rings. The summed E-state index contributed by atoms with van der Waals surface area (Å²) in [4.78, 5) is 0. The van der Waals surface area contributed by atoms with Crippen LogP contribution in [0.3, 0.4) is 0 Å². The van der Waals surface area contributed by atoms with Crippen molar-refractivity contribution < 1.29 is 8.92 Å². The van der Waals surface area contributed by atoms with Crippen molar-refractivity contribution in [2.45, 2.75) is 0 Å². The topological polar surface area (TPSA) is 21.7 Å². The third-order valence-corrected chi connectivity index (χ3v) is 1.88. The monoisotopic (exact) mass is 149 g/mol. The zero-order valence-corrected chi connectivity index (χ0v) is 6.32. The van der Waals surface area contributed by atoms with E-state index in [4.69, 9.17) is 8.92 Å². The van der Waals surface area contributed by atoms with Gasteiger partial charge in [-0.05, 0) is 0 Å². The molecule has 1 heterocycles. The van der Waals surface area contributed by atoms with Gasteiger partial charge < -0.3 is 8.92 Å². The van der Waals surface area contributed by atoms with Crippen molar-refractivity contribution in [3.63, 3.8) is 0 Å². The molecule has 0 saturated carbocycles. The lowest BCUT2D eigenvalue weighted by molar-refractivity contribution is 0.0747. The van der Waals surface area contributed by atoms with E-state index in [2.05, 4.69) is 4.31 Å². The van der Waals surface area contributed by atoms with Crippen LogP contribution in [0, 0.1) is 0 Å². The first-order valence-corrected chi connectivity index (χ1v) is 3.67. The molecule has 1 fully saturated rings. The van der Waals surface area contributed by atoms with E-state index in [1.807, 2.05) is 0 Å². The molecule has 4 heteroatoms. The maximum atomic E-state index is 5.14. The van der Waals surface area contributed by atoms with E-state index in [0.717, 1.165) is 26.3 Å². The summed E-state index contributed by atoms with van der Waals surface area (Å²) in [5.74, 6) is 0. The number of rotatable bonds is 2. The molecule has 0 atom stereocenters. The number of nitrogens with zero attached hydrogens (tertiary/aromatic N) is 1. The fourth-order valence-corrected chi connectivity index (χ4v) is 1.24. The Labute approximate surface area is 59.6 Å². The molecule has 1 aliphatic rings. The highest BCUT2D eigenvalue weighted by Gasteiger charge is 2.09. The van der Waals surface area contributed by atoms with Gasteiger partial charge in [-0.2, -0.15) is 0 Å². The highest BCUT2D eigenvalue weighted by Crippen LogP contribution is 2.10. The van der Waals surface area contributed by atoms with Gasteiger partial charge in [0.1, 0.15) is 0 Å². The third-order valence-electron chi connectivity index (χ3n) is 1.15. The zero-order valence-electron chi connectivity index (χ0n) is 5.50. The molecule has 54 valence electrons.